The lowest BCUT2D eigenvalue weighted by molar-refractivity contribution is 0.00846. The zero-order valence-corrected chi connectivity index (χ0v) is 12.8. The molecule has 2 rings (SSSR count). The Morgan fingerprint density at radius 3 is 2.65 bits per heavy atom. The number of carbonyl (C=O) groups excluding carboxylic acids is 1. The number of hydrogen-bond donors (Lipinski definition) is 0. The van der Waals surface area contributed by atoms with Crippen molar-refractivity contribution in [2.24, 2.45) is 0 Å². The molecular weight excluding hydrogens is 258 g/mol. The van der Waals surface area contributed by atoms with Gasteiger partial charge >= 0.3 is 6.09 Å². The maximum absolute atomic E-state index is 12.2. The number of piperidine rings is 1. The van der Waals surface area contributed by atoms with E-state index in [0.717, 1.165) is 12.8 Å². The van der Waals surface area contributed by atoms with Gasteiger partial charge in [-0.25, -0.2) is 4.79 Å². The van der Waals surface area contributed by atoms with Crippen molar-refractivity contribution in [3.63, 3.8) is 0 Å². The van der Waals surface area contributed by atoms with Crippen molar-refractivity contribution in [2.75, 3.05) is 6.54 Å². The Bertz CT molecular complexity index is 478. The summed E-state index contributed by atoms with van der Waals surface area (Å²) < 4.78 is 10.7. The number of aromatic nitrogens is 2. The highest BCUT2D eigenvalue weighted by molar-refractivity contribution is 5.68. The Morgan fingerprint density at radius 1 is 1.40 bits per heavy atom. The third kappa shape index (κ3) is 3.49. The number of amides is 1. The molecule has 1 aliphatic heterocycles. The summed E-state index contributed by atoms with van der Waals surface area (Å²) >= 11 is 0. The summed E-state index contributed by atoms with van der Waals surface area (Å²) in [5.74, 6) is 1.34. The van der Waals surface area contributed by atoms with Gasteiger partial charge in [0.05, 0.1) is 5.92 Å². The highest BCUT2D eigenvalue weighted by atomic mass is 16.6. The van der Waals surface area contributed by atoms with Crippen molar-refractivity contribution < 1.29 is 14.1 Å². The number of nitrogens with zero attached hydrogens (tertiary/aromatic N) is 3. The predicted molar refractivity (Wildman–Crippen MR) is 73.4 cm³/mol. The molecule has 0 radical (unpaired) electrons. The molecule has 6 heteroatoms. The number of likely N-dealkylation sites (tertiary alicyclic amines) is 1. The van der Waals surface area contributed by atoms with E-state index in [1.807, 2.05) is 27.7 Å². The molecule has 0 bridgehead atoms. The molecule has 1 aliphatic rings. The van der Waals surface area contributed by atoms with Gasteiger partial charge in [-0.05, 0) is 47.5 Å². The van der Waals surface area contributed by atoms with Crippen molar-refractivity contribution in [1.29, 1.82) is 0 Å². The summed E-state index contributed by atoms with van der Waals surface area (Å²) in [4.78, 5) is 18.3. The first-order valence-electron chi connectivity index (χ1n) is 7.06. The Labute approximate surface area is 119 Å². The van der Waals surface area contributed by atoms with Crippen molar-refractivity contribution >= 4 is 6.09 Å². The average molecular weight is 281 g/mol. The van der Waals surface area contributed by atoms with E-state index in [1.54, 1.807) is 11.8 Å². The Balaban J connectivity index is 2.06. The second-order valence-corrected chi connectivity index (χ2v) is 6.44. The van der Waals surface area contributed by atoms with E-state index in [4.69, 9.17) is 9.26 Å². The molecule has 2 unspecified atom stereocenters. The molecule has 20 heavy (non-hydrogen) atoms. The molecule has 1 aromatic heterocycles. The lowest BCUT2D eigenvalue weighted by atomic mass is 9.94. The standard InChI is InChI=1S/C14H23N3O3/c1-9-6-7-11(12-15-10(2)16-20-12)8-17(9)13(18)19-14(3,4)5/h9,11H,6-8H2,1-5H3. The number of rotatable bonds is 1. The van der Waals surface area contributed by atoms with E-state index in [1.165, 1.54) is 0 Å². The van der Waals surface area contributed by atoms with E-state index in [2.05, 4.69) is 10.1 Å². The summed E-state index contributed by atoms with van der Waals surface area (Å²) in [6, 6.07) is 0.171. The van der Waals surface area contributed by atoms with Gasteiger partial charge in [-0.3, -0.25) is 0 Å². The summed E-state index contributed by atoms with van der Waals surface area (Å²) in [5.41, 5.74) is -0.481. The minimum Gasteiger partial charge on any atom is -0.444 e. The first-order valence-corrected chi connectivity index (χ1v) is 7.06. The van der Waals surface area contributed by atoms with Gasteiger partial charge in [-0.2, -0.15) is 4.98 Å². The van der Waals surface area contributed by atoms with Crippen LogP contribution in [0.2, 0.25) is 0 Å². The maximum atomic E-state index is 12.2. The van der Waals surface area contributed by atoms with Crippen LogP contribution in [0.3, 0.4) is 0 Å². The quantitative estimate of drug-likeness (QED) is 0.791. The third-order valence-corrected chi connectivity index (χ3v) is 3.40. The topological polar surface area (TPSA) is 68.5 Å². The minimum absolute atomic E-state index is 0.0971. The molecule has 1 aromatic rings. The zero-order chi connectivity index (χ0) is 14.9. The fourth-order valence-corrected chi connectivity index (χ4v) is 2.36. The van der Waals surface area contributed by atoms with Crippen LogP contribution in [0.5, 0.6) is 0 Å². The van der Waals surface area contributed by atoms with Crippen LogP contribution in [-0.4, -0.2) is 39.3 Å². The van der Waals surface area contributed by atoms with E-state index in [-0.39, 0.29) is 18.1 Å². The monoisotopic (exact) mass is 281 g/mol. The number of ether oxygens (including phenoxy) is 1. The molecule has 112 valence electrons. The van der Waals surface area contributed by atoms with Crippen LogP contribution in [0.25, 0.3) is 0 Å². The normalized spacial score (nSPS) is 23.8. The molecule has 2 atom stereocenters. The Morgan fingerprint density at radius 2 is 2.10 bits per heavy atom. The van der Waals surface area contributed by atoms with Gasteiger partial charge in [0.25, 0.3) is 0 Å². The molecule has 0 aromatic carbocycles. The first-order chi connectivity index (χ1) is 9.26. The molecule has 0 aliphatic carbocycles. The van der Waals surface area contributed by atoms with E-state index in [0.29, 0.717) is 18.3 Å². The lowest BCUT2D eigenvalue weighted by Crippen LogP contribution is -2.47. The zero-order valence-electron chi connectivity index (χ0n) is 12.8. The average Bonchev–Trinajstić information content (AvgIpc) is 2.74. The smallest absolute Gasteiger partial charge is 0.410 e. The second kappa shape index (κ2) is 5.42. The van der Waals surface area contributed by atoms with Gasteiger partial charge in [0.15, 0.2) is 5.82 Å². The fourth-order valence-electron chi connectivity index (χ4n) is 2.36. The summed E-state index contributed by atoms with van der Waals surface area (Å²) in [7, 11) is 0. The largest absolute Gasteiger partial charge is 0.444 e. The van der Waals surface area contributed by atoms with Crippen LogP contribution in [0.15, 0.2) is 4.52 Å². The molecule has 1 saturated heterocycles. The van der Waals surface area contributed by atoms with Crippen molar-refractivity contribution in [1.82, 2.24) is 15.0 Å². The highest BCUT2D eigenvalue weighted by Crippen LogP contribution is 2.30. The number of hydrogen-bond acceptors (Lipinski definition) is 5. The van der Waals surface area contributed by atoms with Crippen molar-refractivity contribution in [3.05, 3.63) is 11.7 Å². The van der Waals surface area contributed by atoms with Crippen LogP contribution in [0.1, 0.15) is 58.2 Å². The van der Waals surface area contributed by atoms with Crippen LogP contribution in [-0.2, 0) is 4.74 Å². The van der Waals surface area contributed by atoms with Crippen LogP contribution >= 0.6 is 0 Å². The molecule has 1 fully saturated rings. The number of carbonyl (C=O) groups is 1. The molecule has 0 spiro atoms. The van der Waals surface area contributed by atoms with Crippen LogP contribution in [0, 0.1) is 6.92 Å². The molecular formula is C14H23N3O3. The van der Waals surface area contributed by atoms with Crippen LogP contribution in [0.4, 0.5) is 4.79 Å². The Kier molecular flexibility index (Phi) is 4.01. The van der Waals surface area contributed by atoms with E-state index >= 15 is 0 Å². The van der Waals surface area contributed by atoms with Gasteiger partial charge in [0.1, 0.15) is 5.60 Å². The van der Waals surface area contributed by atoms with Gasteiger partial charge in [0.2, 0.25) is 5.89 Å². The van der Waals surface area contributed by atoms with E-state index in [9.17, 15) is 4.79 Å². The number of aryl methyl sites for hydroxylation is 1. The van der Waals surface area contributed by atoms with Crippen molar-refractivity contribution in [2.45, 2.75) is 65.0 Å². The van der Waals surface area contributed by atoms with Gasteiger partial charge < -0.3 is 14.2 Å². The molecule has 2 heterocycles. The summed E-state index contributed by atoms with van der Waals surface area (Å²) in [6.45, 7) is 10.0. The first kappa shape index (κ1) is 14.8. The molecule has 0 saturated carbocycles. The van der Waals surface area contributed by atoms with Crippen molar-refractivity contribution in [3.8, 4) is 0 Å². The molecule has 6 nitrogen and oxygen atoms in total. The summed E-state index contributed by atoms with van der Waals surface area (Å²) in [6.07, 6.45) is 1.58. The van der Waals surface area contributed by atoms with Gasteiger partial charge in [0, 0.05) is 12.6 Å². The highest BCUT2D eigenvalue weighted by Gasteiger charge is 2.34. The summed E-state index contributed by atoms with van der Waals surface area (Å²) in [5, 5.41) is 3.82. The molecule has 0 N–H and O–H groups in total. The predicted octanol–water partition coefficient (Wildman–Crippen LogP) is 2.88. The van der Waals surface area contributed by atoms with E-state index < -0.39 is 5.60 Å². The van der Waals surface area contributed by atoms with Crippen LogP contribution < -0.4 is 0 Å². The SMILES string of the molecule is Cc1noc(C2CCC(C)N(C(=O)OC(C)(C)C)C2)n1. The van der Waals surface area contributed by atoms with Gasteiger partial charge in [-0.1, -0.05) is 5.16 Å². The Hall–Kier alpha value is -1.59. The second-order valence-electron chi connectivity index (χ2n) is 6.44. The van der Waals surface area contributed by atoms with Gasteiger partial charge in [-0.15, -0.1) is 0 Å². The third-order valence-electron chi connectivity index (χ3n) is 3.40. The lowest BCUT2D eigenvalue weighted by Gasteiger charge is -2.37. The maximum Gasteiger partial charge on any atom is 0.410 e. The minimum atomic E-state index is -0.481. The fraction of sp³-hybridized carbons (Fsp3) is 0.786. The molecule has 1 amide bonds.